The molecule has 4 rings (SSSR count). The van der Waals surface area contributed by atoms with Gasteiger partial charge in [0.15, 0.2) is 0 Å². The molecule has 0 radical (unpaired) electrons. The van der Waals surface area contributed by atoms with Crippen LogP contribution in [0.5, 0.6) is 0 Å². The number of fused-ring (bicyclic) bond motifs is 3. The van der Waals surface area contributed by atoms with Crippen LogP contribution in [0.25, 0.3) is 27.5 Å². The highest BCUT2D eigenvalue weighted by atomic mass is 79.9. The normalized spacial score (nSPS) is 11.3. The van der Waals surface area contributed by atoms with Gasteiger partial charge in [0.05, 0.1) is 11.0 Å². The third-order valence-corrected chi connectivity index (χ3v) is 4.55. The fourth-order valence-electron chi connectivity index (χ4n) is 2.98. The summed E-state index contributed by atoms with van der Waals surface area (Å²) in [6.07, 6.45) is 0. The Morgan fingerprint density at radius 3 is 2.43 bits per heavy atom. The van der Waals surface area contributed by atoms with Crippen molar-refractivity contribution in [2.24, 2.45) is 0 Å². The van der Waals surface area contributed by atoms with E-state index < -0.39 is 0 Å². The highest BCUT2D eigenvalue weighted by Gasteiger charge is 2.14. The van der Waals surface area contributed by atoms with Gasteiger partial charge in [-0.2, -0.15) is 0 Å². The molecular weight excluding hydrogens is 322 g/mol. The van der Waals surface area contributed by atoms with Gasteiger partial charge in [-0.15, -0.1) is 0 Å². The van der Waals surface area contributed by atoms with Crippen LogP contribution in [0.15, 0.2) is 71.2 Å². The van der Waals surface area contributed by atoms with Crippen LogP contribution in [0.3, 0.4) is 0 Å². The van der Waals surface area contributed by atoms with Gasteiger partial charge >= 0.3 is 0 Å². The molecule has 1 aromatic heterocycles. The summed E-state index contributed by atoms with van der Waals surface area (Å²) in [5.41, 5.74) is 4.95. The van der Waals surface area contributed by atoms with E-state index in [1.807, 2.05) is 0 Å². The molecule has 0 bridgehead atoms. The average Bonchev–Trinajstić information content (AvgIpc) is 2.83. The third kappa shape index (κ3) is 1.90. The van der Waals surface area contributed by atoms with Crippen molar-refractivity contribution in [3.63, 3.8) is 0 Å². The fourth-order valence-corrected chi connectivity index (χ4v) is 3.52. The Labute approximate surface area is 132 Å². The van der Waals surface area contributed by atoms with Crippen molar-refractivity contribution in [1.82, 2.24) is 4.57 Å². The molecule has 3 aromatic carbocycles. The fraction of sp³-hybridized carbons (Fsp3) is 0.0526. The molecule has 102 valence electrons. The SMILES string of the molecule is Cc1ccc2c3cccc(Br)c3n(-c3ccccc3)c2c1. The van der Waals surface area contributed by atoms with Crippen LogP contribution in [0.2, 0.25) is 0 Å². The largest absolute Gasteiger partial charge is 0.308 e. The number of aryl methyl sites for hydroxylation is 1. The second-order valence-corrected chi connectivity index (χ2v) is 6.18. The molecule has 4 aromatic rings. The zero-order valence-corrected chi connectivity index (χ0v) is 13.3. The van der Waals surface area contributed by atoms with E-state index in [9.17, 15) is 0 Å². The van der Waals surface area contributed by atoms with Gasteiger partial charge in [0.2, 0.25) is 0 Å². The zero-order valence-electron chi connectivity index (χ0n) is 11.7. The molecule has 0 unspecified atom stereocenters. The van der Waals surface area contributed by atoms with Gasteiger partial charge in [-0.3, -0.25) is 0 Å². The molecule has 21 heavy (non-hydrogen) atoms. The van der Waals surface area contributed by atoms with E-state index in [-0.39, 0.29) is 0 Å². The highest BCUT2D eigenvalue weighted by molar-refractivity contribution is 9.10. The molecule has 0 aliphatic rings. The average molecular weight is 336 g/mol. The summed E-state index contributed by atoms with van der Waals surface area (Å²) < 4.78 is 3.46. The maximum atomic E-state index is 3.72. The summed E-state index contributed by atoms with van der Waals surface area (Å²) in [5.74, 6) is 0. The quantitative estimate of drug-likeness (QED) is 0.411. The maximum absolute atomic E-state index is 3.72. The minimum absolute atomic E-state index is 1.12. The van der Waals surface area contributed by atoms with Crippen molar-refractivity contribution < 1.29 is 0 Å². The van der Waals surface area contributed by atoms with Gasteiger partial charge in [-0.25, -0.2) is 0 Å². The standard InChI is InChI=1S/C19H14BrN/c1-13-10-11-15-16-8-5-9-17(20)19(16)21(18(15)12-13)14-6-3-2-4-7-14/h2-12H,1H3. The molecule has 0 saturated heterocycles. The van der Waals surface area contributed by atoms with Crippen molar-refractivity contribution in [3.8, 4) is 5.69 Å². The van der Waals surface area contributed by atoms with Crippen molar-refractivity contribution in [1.29, 1.82) is 0 Å². The Kier molecular flexibility index (Phi) is 2.86. The van der Waals surface area contributed by atoms with Gasteiger partial charge < -0.3 is 4.57 Å². The van der Waals surface area contributed by atoms with Crippen LogP contribution in [-0.2, 0) is 0 Å². The second-order valence-electron chi connectivity index (χ2n) is 5.33. The smallest absolute Gasteiger partial charge is 0.0683 e. The van der Waals surface area contributed by atoms with E-state index in [0.717, 1.165) is 4.47 Å². The number of hydrogen-bond donors (Lipinski definition) is 0. The Morgan fingerprint density at radius 1 is 0.810 bits per heavy atom. The number of halogens is 1. The Hall–Kier alpha value is -2.06. The van der Waals surface area contributed by atoms with Crippen LogP contribution in [-0.4, -0.2) is 4.57 Å². The molecule has 1 nitrogen and oxygen atoms in total. The van der Waals surface area contributed by atoms with Gasteiger partial charge in [-0.1, -0.05) is 42.5 Å². The molecule has 0 saturated carbocycles. The summed E-state index contributed by atoms with van der Waals surface area (Å²) in [5, 5.41) is 2.57. The van der Waals surface area contributed by atoms with E-state index in [1.54, 1.807) is 0 Å². The third-order valence-electron chi connectivity index (χ3n) is 3.91. The molecule has 0 spiro atoms. The van der Waals surface area contributed by atoms with Crippen LogP contribution in [0.4, 0.5) is 0 Å². The van der Waals surface area contributed by atoms with Crippen LogP contribution in [0.1, 0.15) is 5.56 Å². The molecule has 0 N–H and O–H groups in total. The molecule has 0 aliphatic carbocycles. The number of hydrogen-bond acceptors (Lipinski definition) is 0. The predicted molar refractivity (Wildman–Crippen MR) is 93.2 cm³/mol. The summed E-state index contributed by atoms with van der Waals surface area (Å²) in [6, 6.07) is 23.6. The minimum Gasteiger partial charge on any atom is -0.308 e. The highest BCUT2D eigenvalue weighted by Crippen LogP contribution is 2.36. The number of benzene rings is 3. The minimum atomic E-state index is 1.12. The molecule has 1 heterocycles. The molecule has 0 atom stereocenters. The van der Waals surface area contributed by atoms with Gasteiger partial charge in [0, 0.05) is 20.9 Å². The number of para-hydroxylation sites is 2. The molecule has 2 heteroatoms. The summed E-state index contributed by atoms with van der Waals surface area (Å²) in [7, 11) is 0. The lowest BCUT2D eigenvalue weighted by molar-refractivity contribution is 1.17. The number of nitrogens with zero attached hydrogens (tertiary/aromatic N) is 1. The number of aromatic nitrogens is 1. The predicted octanol–water partition coefficient (Wildman–Crippen LogP) is 5.85. The van der Waals surface area contributed by atoms with Gasteiger partial charge in [0.25, 0.3) is 0 Å². The summed E-state index contributed by atoms with van der Waals surface area (Å²) in [4.78, 5) is 0. The van der Waals surface area contributed by atoms with Crippen LogP contribution < -0.4 is 0 Å². The van der Waals surface area contributed by atoms with Crippen LogP contribution in [0, 0.1) is 6.92 Å². The van der Waals surface area contributed by atoms with Crippen LogP contribution >= 0.6 is 15.9 Å². The lowest BCUT2D eigenvalue weighted by Crippen LogP contribution is -1.93. The molecule has 0 amide bonds. The van der Waals surface area contributed by atoms with Gasteiger partial charge in [-0.05, 0) is 52.7 Å². The number of rotatable bonds is 1. The first-order valence-electron chi connectivity index (χ1n) is 7.00. The lowest BCUT2D eigenvalue weighted by Gasteiger charge is -2.08. The molecule has 0 fully saturated rings. The van der Waals surface area contributed by atoms with E-state index in [1.165, 1.54) is 33.1 Å². The maximum Gasteiger partial charge on any atom is 0.0683 e. The van der Waals surface area contributed by atoms with E-state index in [4.69, 9.17) is 0 Å². The van der Waals surface area contributed by atoms with Crippen molar-refractivity contribution in [3.05, 3.63) is 76.8 Å². The first-order chi connectivity index (χ1) is 10.3. The first-order valence-corrected chi connectivity index (χ1v) is 7.80. The zero-order chi connectivity index (χ0) is 14.4. The topological polar surface area (TPSA) is 4.93 Å². The molecule has 0 aliphatic heterocycles. The van der Waals surface area contributed by atoms with E-state index in [2.05, 4.69) is 94.2 Å². The van der Waals surface area contributed by atoms with E-state index >= 15 is 0 Å². The Morgan fingerprint density at radius 2 is 1.62 bits per heavy atom. The summed E-state index contributed by atoms with van der Waals surface area (Å²) >= 11 is 3.72. The van der Waals surface area contributed by atoms with Crippen molar-refractivity contribution in [2.75, 3.05) is 0 Å². The van der Waals surface area contributed by atoms with Gasteiger partial charge in [0.1, 0.15) is 0 Å². The lowest BCUT2D eigenvalue weighted by atomic mass is 10.1. The monoisotopic (exact) mass is 335 g/mol. The Balaban J connectivity index is 2.27. The second kappa shape index (κ2) is 4.74. The van der Waals surface area contributed by atoms with Crippen molar-refractivity contribution in [2.45, 2.75) is 6.92 Å². The summed E-state index contributed by atoms with van der Waals surface area (Å²) in [6.45, 7) is 2.14. The first kappa shape index (κ1) is 12.7. The van der Waals surface area contributed by atoms with E-state index in [0.29, 0.717) is 0 Å². The molecular formula is C19H14BrN. The van der Waals surface area contributed by atoms with Crippen molar-refractivity contribution >= 4 is 37.7 Å². The Bertz CT molecular complexity index is 952.